The standard InChI is InChI=1S/C18H19N5O4S/c24-17(21-25)15-11-19-18(20-12-15)22-6-8-23(9-7-22)28(26,27)16-5-4-13-2-1-3-14(13)10-16/h1,3-5,10-12,25H,2,6-9H2,(H,21,24). The summed E-state index contributed by atoms with van der Waals surface area (Å²) < 4.78 is 27.4. The van der Waals surface area contributed by atoms with Crippen LogP contribution >= 0.6 is 0 Å². The summed E-state index contributed by atoms with van der Waals surface area (Å²) in [5.41, 5.74) is 3.76. The number of hydrogen-bond donors (Lipinski definition) is 2. The number of nitrogens with zero attached hydrogens (tertiary/aromatic N) is 4. The summed E-state index contributed by atoms with van der Waals surface area (Å²) >= 11 is 0. The number of benzene rings is 1. The molecule has 2 aliphatic rings. The quantitative estimate of drug-likeness (QED) is 0.572. The van der Waals surface area contributed by atoms with E-state index in [0.717, 1.165) is 17.5 Å². The van der Waals surface area contributed by atoms with E-state index < -0.39 is 15.9 Å². The molecule has 2 aromatic rings. The number of hydroxylamine groups is 1. The minimum absolute atomic E-state index is 0.137. The highest BCUT2D eigenvalue weighted by Gasteiger charge is 2.30. The van der Waals surface area contributed by atoms with E-state index in [1.165, 1.54) is 22.2 Å². The van der Waals surface area contributed by atoms with E-state index in [1.54, 1.807) is 12.1 Å². The largest absolute Gasteiger partial charge is 0.338 e. The van der Waals surface area contributed by atoms with E-state index >= 15 is 0 Å². The van der Waals surface area contributed by atoms with Gasteiger partial charge in [-0.05, 0) is 29.7 Å². The average molecular weight is 401 g/mol. The summed E-state index contributed by atoms with van der Waals surface area (Å²) in [5.74, 6) is -0.277. The number of carbonyl (C=O) groups is 1. The normalized spacial score (nSPS) is 16.8. The van der Waals surface area contributed by atoms with Crippen LogP contribution < -0.4 is 10.4 Å². The third kappa shape index (κ3) is 3.37. The zero-order chi connectivity index (χ0) is 19.7. The number of nitrogens with one attached hydrogen (secondary N) is 1. The van der Waals surface area contributed by atoms with Crippen molar-refractivity contribution in [2.75, 3.05) is 31.1 Å². The lowest BCUT2D eigenvalue weighted by atomic mass is 10.1. The van der Waals surface area contributed by atoms with Gasteiger partial charge in [-0.25, -0.2) is 23.9 Å². The number of rotatable bonds is 4. The molecule has 0 saturated carbocycles. The molecule has 1 saturated heterocycles. The minimum Gasteiger partial charge on any atom is -0.338 e. The molecule has 0 radical (unpaired) electrons. The van der Waals surface area contributed by atoms with Gasteiger partial charge in [0.25, 0.3) is 5.91 Å². The third-order valence-corrected chi connectivity index (χ3v) is 6.81. The molecule has 10 heteroatoms. The molecule has 146 valence electrons. The highest BCUT2D eigenvalue weighted by Crippen LogP contribution is 2.25. The van der Waals surface area contributed by atoms with Gasteiger partial charge in [-0.1, -0.05) is 18.2 Å². The molecular weight excluding hydrogens is 382 g/mol. The van der Waals surface area contributed by atoms with Crippen molar-refractivity contribution in [1.82, 2.24) is 19.8 Å². The SMILES string of the molecule is O=C(NO)c1cnc(N2CCN(S(=O)(=O)c3ccc4c(c3)C=CC4)CC2)nc1. The van der Waals surface area contributed by atoms with Crippen molar-refractivity contribution in [2.24, 2.45) is 0 Å². The van der Waals surface area contributed by atoms with E-state index in [4.69, 9.17) is 5.21 Å². The molecule has 0 unspecified atom stereocenters. The maximum absolute atomic E-state index is 13.0. The first-order valence-electron chi connectivity index (χ1n) is 8.80. The summed E-state index contributed by atoms with van der Waals surface area (Å²) in [6, 6.07) is 5.27. The first-order chi connectivity index (χ1) is 13.5. The Morgan fingerprint density at radius 2 is 1.82 bits per heavy atom. The molecule has 28 heavy (non-hydrogen) atoms. The van der Waals surface area contributed by atoms with Crippen LogP contribution in [-0.2, 0) is 16.4 Å². The van der Waals surface area contributed by atoms with E-state index in [2.05, 4.69) is 9.97 Å². The minimum atomic E-state index is -3.56. The van der Waals surface area contributed by atoms with E-state index in [-0.39, 0.29) is 5.56 Å². The van der Waals surface area contributed by atoms with Crippen molar-refractivity contribution in [2.45, 2.75) is 11.3 Å². The van der Waals surface area contributed by atoms with Gasteiger partial charge < -0.3 is 4.90 Å². The fourth-order valence-corrected chi connectivity index (χ4v) is 4.79. The number of carbonyl (C=O) groups excluding carboxylic acids is 1. The molecular formula is C18H19N5O4S. The first kappa shape index (κ1) is 18.5. The van der Waals surface area contributed by atoms with E-state index in [0.29, 0.717) is 37.0 Å². The Kier molecular flexibility index (Phi) is 4.84. The van der Waals surface area contributed by atoms with Gasteiger partial charge in [0.05, 0.1) is 10.5 Å². The zero-order valence-corrected chi connectivity index (χ0v) is 15.8. The second-order valence-electron chi connectivity index (χ2n) is 6.57. The van der Waals surface area contributed by atoms with Gasteiger partial charge >= 0.3 is 0 Å². The maximum atomic E-state index is 13.0. The Hall–Kier alpha value is -2.82. The number of anilines is 1. The number of amides is 1. The predicted molar refractivity (Wildman–Crippen MR) is 101 cm³/mol. The van der Waals surface area contributed by atoms with Crippen LogP contribution in [0.25, 0.3) is 6.08 Å². The highest BCUT2D eigenvalue weighted by molar-refractivity contribution is 7.89. The van der Waals surface area contributed by atoms with Gasteiger partial charge in [0.1, 0.15) is 0 Å². The van der Waals surface area contributed by atoms with Gasteiger partial charge in [-0.3, -0.25) is 10.0 Å². The molecule has 2 heterocycles. The Morgan fingerprint density at radius 3 is 2.50 bits per heavy atom. The monoisotopic (exact) mass is 401 g/mol. The van der Waals surface area contributed by atoms with Crippen molar-refractivity contribution in [3.05, 3.63) is 53.4 Å². The summed E-state index contributed by atoms with van der Waals surface area (Å²) in [6.45, 7) is 1.51. The lowest BCUT2D eigenvalue weighted by Gasteiger charge is -2.34. The van der Waals surface area contributed by atoms with Crippen LogP contribution in [0.2, 0.25) is 0 Å². The van der Waals surface area contributed by atoms with Crippen LogP contribution in [0.5, 0.6) is 0 Å². The predicted octanol–water partition coefficient (Wildman–Crippen LogP) is 0.676. The molecule has 1 fully saturated rings. The highest BCUT2D eigenvalue weighted by atomic mass is 32.2. The molecule has 1 aromatic carbocycles. The summed E-state index contributed by atoms with van der Waals surface area (Å²) in [4.78, 5) is 21.7. The molecule has 0 spiro atoms. The number of fused-ring (bicyclic) bond motifs is 1. The van der Waals surface area contributed by atoms with Crippen molar-refractivity contribution in [1.29, 1.82) is 0 Å². The Labute approximate surface area is 162 Å². The lowest BCUT2D eigenvalue weighted by molar-refractivity contribution is 0.0705. The van der Waals surface area contributed by atoms with E-state index in [9.17, 15) is 13.2 Å². The van der Waals surface area contributed by atoms with Crippen LogP contribution in [0.1, 0.15) is 21.5 Å². The van der Waals surface area contributed by atoms with Gasteiger partial charge in [0.2, 0.25) is 16.0 Å². The Balaban J connectivity index is 1.45. The average Bonchev–Trinajstić information content (AvgIpc) is 3.21. The molecule has 1 amide bonds. The van der Waals surface area contributed by atoms with Crippen molar-refractivity contribution >= 4 is 28.0 Å². The van der Waals surface area contributed by atoms with Gasteiger partial charge in [-0.15, -0.1) is 0 Å². The third-order valence-electron chi connectivity index (χ3n) is 4.91. The molecule has 4 rings (SSSR count). The lowest BCUT2D eigenvalue weighted by Crippen LogP contribution is -2.49. The molecule has 9 nitrogen and oxygen atoms in total. The van der Waals surface area contributed by atoms with Crippen LogP contribution in [-0.4, -0.2) is 60.0 Å². The molecule has 2 N–H and O–H groups in total. The van der Waals surface area contributed by atoms with Crippen LogP contribution in [0.4, 0.5) is 5.95 Å². The van der Waals surface area contributed by atoms with E-state index in [1.807, 2.05) is 23.1 Å². The van der Waals surface area contributed by atoms with Crippen LogP contribution in [0, 0.1) is 0 Å². The second kappa shape index (κ2) is 7.30. The van der Waals surface area contributed by atoms with Gasteiger partial charge in [0.15, 0.2) is 0 Å². The van der Waals surface area contributed by atoms with Gasteiger partial charge in [-0.2, -0.15) is 4.31 Å². The smallest absolute Gasteiger partial charge is 0.277 e. The number of sulfonamides is 1. The second-order valence-corrected chi connectivity index (χ2v) is 8.51. The van der Waals surface area contributed by atoms with Gasteiger partial charge in [0, 0.05) is 38.6 Å². The Bertz CT molecular complexity index is 1030. The van der Waals surface area contributed by atoms with Crippen LogP contribution in [0.3, 0.4) is 0 Å². The zero-order valence-electron chi connectivity index (χ0n) is 14.9. The summed E-state index contributed by atoms with van der Waals surface area (Å²) in [7, 11) is -3.56. The number of piperazine rings is 1. The fraction of sp³-hybridized carbons (Fsp3) is 0.278. The fourth-order valence-electron chi connectivity index (χ4n) is 3.33. The summed E-state index contributed by atoms with van der Waals surface area (Å²) in [5, 5.41) is 8.63. The first-order valence-corrected chi connectivity index (χ1v) is 10.2. The van der Waals surface area contributed by atoms with Crippen molar-refractivity contribution < 1.29 is 18.4 Å². The molecule has 1 aromatic heterocycles. The van der Waals surface area contributed by atoms with Crippen molar-refractivity contribution in [3.63, 3.8) is 0 Å². The van der Waals surface area contributed by atoms with Crippen LogP contribution in [0.15, 0.2) is 41.6 Å². The number of hydrogen-bond acceptors (Lipinski definition) is 7. The molecule has 1 aliphatic carbocycles. The Morgan fingerprint density at radius 1 is 1.11 bits per heavy atom. The van der Waals surface area contributed by atoms with Crippen molar-refractivity contribution in [3.8, 4) is 0 Å². The maximum Gasteiger partial charge on any atom is 0.277 e. The molecule has 0 bridgehead atoms. The summed E-state index contributed by atoms with van der Waals surface area (Å²) in [6.07, 6.45) is 7.44. The number of aromatic nitrogens is 2. The number of allylic oxidation sites excluding steroid dienone is 1. The molecule has 1 aliphatic heterocycles. The molecule has 0 atom stereocenters. The topological polar surface area (TPSA) is 116 Å².